The number of rotatable bonds is 12. The third-order valence-corrected chi connectivity index (χ3v) is 6.52. The molecule has 2 aromatic rings. The lowest BCUT2D eigenvalue weighted by molar-refractivity contribution is -0.143. The molecule has 8 heteroatoms. The minimum absolute atomic E-state index is 0.224. The van der Waals surface area contributed by atoms with Gasteiger partial charge < -0.3 is 19.3 Å². The molecule has 0 spiro atoms. The molecule has 1 fully saturated rings. The standard InChI is InChI=1S/C29H36N2O6/c1-5-7-17-36-27(34)23-13-9-21(10-14-23)19-30-25(32)26(33)31(29(30,3)4)20-22-11-15-24(16-12-22)28(35)37-18-8-6-2/h9-16H,5-8,17-20H2,1-4H3. The molecule has 0 N–H and O–H groups in total. The number of hydrogen-bond donors (Lipinski definition) is 0. The van der Waals surface area contributed by atoms with Gasteiger partial charge in [0.15, 0.2) is 0 Å². The predicted molar refractivity (Wildman–Crippen MR) is 138 cm³/mol. The number of carbonyl (C=O) groups excluding carboxylic acids is 4. The average molecular weight is 509 g/mol. The van der Waals surface area contributed by atoms with Gasteiger partial charge >= 0.3 is 23.8 Å². The van der Waals surface area contributed by atoms with E-state index in [9.17, 15) is 19.2 Å². The molecular weight excluding hydrogens is 472 g/mol. The highest BCUT2D eigenvalue weighted by molar-refractivity contribution is 6.37. The molecule has 0 atom stereocenters. The first-order chi connectivity index (χ1) is 17.7. The lowest BCUT2D eigenvalue weighted by Gasteiger charge is -2.37. The predicted octanol–water partition coefficient (Wildman–Crippen LogP) is 4.71. The molecule has 0 saturated carbocycles. The molecule has 1 aliphatic heterocycles. The van der Waals surface area contributed by atoms with Crippen molar-refractivity contribution in [2.75, 3.05) is 13.2 Å². The van der Waals surface area contributed by atoms with Crippen LogP contribution in [0.25, 0.3) is 0 Å². The monoisotopic (exact) mass is 508 g/mol. The van der Waals surface area contributed by atoms with Crippen LogP contribution in [0.15, 0.2) is 48.5 Å². The largest absolute Gasteiger partial charge is 0.462 e. The number of ether oxygens (including phenoxy) is 2. The molecule has 0 aromatic heterocycles. The van der Waals surface area contributed by atoms with Crippen LogP contribution < -0.4 is 0 Å². The van der Waals surface area contributed by atoms with E-state index in [1.165, 1.54) is 9.80 Å². The number of unbranched alkanes of at least 4 members (excludes halogenated alkanes) is 2. The minimum Gasteiger partial charge on any atom is -0.462 e. The van der Waals surface area contributed by atoms with E-state index in [2.05, 4.69) is 0 Å². The molecule has 8 nitrogen and oxygen atoms in total. The molecule has 1 aliphatic rings. The van der Waals surface area contributed by atoms with Gasteiger partial charge in [0.1, 0.15) is 5.66 Å². The molecule has 198 valence electrons. The summed E-state index contributed by atoms with van der Waals surface area (Å²) in [5.41, 5.74) is 1.62. The smallest absolute Gasteiger partial charge is 0.338 e. The van der Waals surface area contributed by atoms with Crippen LogP contribution in [0.5, 0.6) is 0 Å². The van der Waals surface area contributed by atoms with Crippen LogP contribution in [0.3, 0.4) is 0 Å². The maximum absolute atomic E-state index is 12.9. The quantitative estimate of drug-likeness (QED) is 0.234. The van der Waals surface area contributed by atoms with Gasteiger partial charge in [-0.15, -0.1) is 0 Å². The van der Waals surface area contributed by atoms with E-state index in [0.29, 0.717) is 24.3 Å². The van der Waals surface area contributed by atoms with Crippen LogP contribution in [0.4, 0.5) is 0 Å². The van der Waals surface area contributed by atoms with Crippen LogP contribution in [0.2, 0.25) is 0 Å². The van der Waals surface area contributed by atoms with E-state index in [-0.39, 0.29) is 25.0 Å². The lowest BCUT2D eigenvalue weighted by Crippen LogP contribution is -2.48. The second-order valence-electron chi connectivity index (χ2n) is 9.65. The highest BCUT2D eigenvalue weighted by atomic mass is 16.5. The molecule has 1 heterocycles. The van der Waals surface area contributed by atoms with Crippen molar-refractivity contribution in [1.82, 2.24) is 9.80 Å². The van der Waals surface area contributed by atoms with Gasteiger partial charge in [-0.2, -0.15) is 0 Å². The van der Waals surface area contributed by atoms with Crippen molar-refractivity contribution in [1.29, 1.82) is 0 Å². The molecule has 1 saturated heterocycles. The zero-order chi connectivity index (χ0) is 27.0. The summed E-state index contributed by atoms with van der Waals surface area (Å²) in [7, 11) is 0. The van der Waals surface area contributed by atoms with Crippen molar-refractivity contribution in [3.63, 3.8) is 0 Å². The molecule has 0 aliphatic carbocycles. The summed E-state index contributed by atoms with van der Waals surface area (Å²) in [4.78, 5) is 53.2. The Morgan fingerprint density at radius 3 is 1.35 bits per heavy atom. The molecular formula is C29H36N2O6. The van der Waals surface area contributed by atoms with Gasteiger partial charge in [0.2, 0.25) is 0 Å². The van der Waals surface area contributed by atoms with Crippen LogP contribution in [-0.2, 0) is 32.2 Å². The number of carbonyl (C=O) groups is 4. The number of amides is 2. The van der Waals surface area contributed by atoms with Crippen LogP contribution in [0.1, 0.15) is 85.2 Å². The van der Waals surface area contributed by atoms with Crippen molar-refractivity contribution in [2.24, 2.45) is 0 Å². The van der Waals surface area contributed by atoms with Gasteiger partial charge in [0, 0.05) is 13.1 Å². The Kier molecular flexibility index (Phi) is 9.44. The first kappa shape index (κ1) is 27.9. The fourth-order valence-electron chi connectivity index (χ4n) is 4.05. The minimum atomic E-state index is -0.871. The van der Waals surface area contributed by atoms with Crippen LogP contribution in [0, 0.1) is 0 Å². The van der Waals surface area contributed by atoms with E-state index < -0.39 is 17.5 Å². The van der Waals surface area contributed by atoms with Crippen molar-refractivity contribution in [3.05, 3.63) is 70.8 Å². The molecule has 0 bridgehead atoms. The maximum atomic E-state index is 12.9. The number of hydrogen-bond acceptors (Lipinski definition) is 6. The van der Waals surface area contributed by atoms with Crippen LogP contribution in [-0.4, -0.2) is 52.4 Å². The molecule has 2 amide bonds. The van der Waals surface area contributed by atoms with E-state index >= 15 is 0 Å². The number of benzene rings is 2. The Morgan fingerprint density at radius 1 is 0.676 bits per heavy atom. The molecule has 2 aromatic carbocycles. The van der Waals surface area contributed by atoms with Crippen LogP contribution >= 0.6 is 0 Å². The zero-order valence-electron chi connectivity index (χ0n) is 22.1. The van der Waals surface area contributed by atoms with Crippen molar-refractivity contribution >= 4 is 23.8 Å². The van der Waals surface area contributed by atoms with E-state index in [1.807, 2.05) is 27.7 Å². The summed E-state index contributed by atoms with van der Waals surface area (Å²) >= 11 is 0. The summed E-state index contributed by atoms with van der Waals surface area (Å²) in [6, 6.07) is 13.8. The summed E-state index contributed by atoms with van der Waals surface area (Å²) in [5, 5.41) is 0. The SMILES string of the molecule is CCCCOC(=O)c1ccc(CN2C(=O)C(=O)N(Cc3ccc(C(=O)OCCCC)cc3)C2(C)C)cc1. The first-order valence-electron chi connectivity index (χ1n) is 12.8. The van der Waals surface area contributed by atoms with Gasteiger partial charge in [-0.3, -0.25) is 9.59 Å². The Morgan fingerprint density at radius 2 is 1.03 bits per heavy atom. The second kappa shape index (κ2) is 12.5. The Labute approximate surface area is 218 Å². The summed E-state index contributed by atoms with van der Waals surface area (Å²) in [6.45, 7) is 8.93. The van der Waals surface area contributed by atoms with Crippen molar-refractivity contribution < 1.29 is 28.7 Å². The Balaban J connectivity index is 1.65. The normalized spacial score (nSPS) is 14.7. The number of nitrogens with zero attached hydrogens (tertiary/aromatic N) is 2. The topological polar surface area (TPSA) is 93.2 Å². The van der Waals surface area contributed by atoms with E-state index in [1.54, 1.807) is 48.5 Å². The Bertz CT molecular complexity index is 1020. The highest BCUT2D eigenvalue weighted by Gasteiger charge is 2.50. The molecule has 0 radical (unpaired) electrons. The fourth-order valence-corrected chi connectivity index (χ4v) is 4.05. The average Bonchev–Trinajstić information content (AvgIpc) is 3.04. The fraction of sp³-hybridized carbons (Fsp3) is 0.448. The third-order valence-electron chi connectivity index (χ3n) is 6.52. The number of esters is 2. The Hall–Kier alpha value is -3.68. The van der Waals surface area contributed by atoms with E-state index in [0.717, 1.165) is 36.8 Å². The first-order valence-corrected chi connectivity index (χ1v) is 12.8. The summed E-state index contributed by atoms with van der Waals surface area (Å²) < 4.78 is 10.5. The maximum Gasteiger partial charge on any atom is 0.338 e. The van der Waals surface area contributed by atoms with Crippen molar-refractivity contribution in [3.8, 4) is 0 Å². The van der Waals surface area contributed by atoms with Gasteiger partial charge in [-0.05, 0) is 62.1 Å². The highest BCUT2D eigenvalue weighted by Crippen LogP contribution is 2.31. The third kappa shape index (κ3) is 6.76. The van der Waals surface area contributed by atoms with Gasteiger partial charge in [-0.25, -0.2) is 9.59 Å². The second-order valence-corrected chi connectivity index (χ2v) is 9.65. The van der Waals surface area contributed by atoms with Crippen molar-refractivity contribution in [2.45, 2.75) is 72.1 Å². The molecule has 37 heavy (non-hydrogen) atoms. The summed E-state index contributed by atoms with van der Waals surface area (Å²) in [5.74, 6) is -1.91. The molecule has 3 rings (SSSR count). The zero-order valence-corrected chi connectivity index (χ0v) is 22.1. The lowest BCUT2D eigenvalue weighted by atomic mass is 10.1. The van der Waals surface area contributed by atoms with E-state index in [4.69, 9.17) is 9.47 Å². The van der Waals surface area contributed by atoms with Gasteiger partial charge in [0.25, 0.3) is 0 Å². The van der Waals surface area contributed by atoms with Gasteiger partial charge in [-0.1, -0.05) is 51.0 Å². The molecule has 0 unspecified atom stereocenters. The summed E-state index contributed by atoms with van der Waals surface area (Å²) in [6.07, 6.45) is 3.52. The van der Waals surface area contributed by atoms with Gasteiger partial charge in [0.05, 0.1) is 24.3 Å².